The zero-order valence-electron chi connectivity index (χ0n) is 12.1. The first-order valence-corrected chi connectivity index (χ1v) is 7.12. The maximum atomic E-state index is 12.6. The SMILES string of the molecule is C=CC1=C(CC)C(=O)C(c2ccc3ccccc3n2)C1=C. The molecule has 1 aromatic carbocycles. The molecule has 0 N–H and O–H groups in total. The van der Waals surface area contributed by atoms with Gasteiger partial charge in [0.2, 0.25) is 0 Å². The van der Waals surface area contributed by atoms with Gasteiger partial charge in [0, 0.05) is 11.0 Å². The van der Waals surface area contributed by atoms with Crippen molar-refractivity contribution in [2.45, 2.75) is 19.3 Å². The van der Waals surface area contributed by atoms with Crippen LogP contribution in [0.2, 0.25) is 0 Å². The fourth-order valence-corrected chi connectivity index (χ4v) is 2.99. The number of para-hydroxylation sites is 1. The van der Waals surface area contributed by atoms with Crippen molar-refractivity contribution in [3.05, 3.63) is 78.0 Å². The molecule has 1 unspecified atom stereocenters. The molecule has 0 radical (unpaired) electrons. The second-order valence-electron chi connectivity index (χ2n) is 5.20. The number of aromatic nitrogens is 1. The van der Waals surface area contributed by atoms with Crippen LogP contribution in [0.4, 0.5) is 0 Å². The molecular weight excluding hydrogens is 258 g/mol. The van der Waals surface area contributed by atoms with Crippen LogP contribution in [0.1, 0.15) is 25.0 Å². The topological polar surface area (TPSA) is 30.0 Å². The number of carbonyl (C=O) groups is 1. The van der Waals surface area contributed by atoms with Gasteiger partial charge in [-0.2, -0.15) is 0 Å². The highest BCUT2D eigenvalue weighted by Gasteiger charge is 2.36. The van der Waals surface area contributed by atoms with E-state index in [0.717, 1.165) is 33.3 Å². The molecule has 0 spiro atoms. The lowest BCUT2D eigenvalue weighted by molar-refractivity contribution is -0.115. The monoisotopic (exact) mass is 275 g/mol. The Bertz CT molecular complexity index is 798. The van der Waals surface area contributed by atoms with Gasteiger partial charge in [0.1, 0.15) is 0 Å². The maximum Gasteiger partial charge on any atom is 0.172 e. The van der Waals surface area contributed by atoms with Crippen molar-refractivity contribution >= 4 is 16.7 Å². The quantitative estimate of drug-likeness (QED) is 0.833. The number of benzene rings is 1. The van der Waals surface area contributed by atoms with Crippen LogP contribution in [0, 0.1) is 0 Å². The van der Waals surface area contributed by atoms with E-state index in [9.17, 15) is 4.79 Å². The molecule has 2 aromatic rings. The van der Waals surface area contributed by atoms with Crippen molar-refractivity contribution in [1.29, 1.82) is 0 Å². The third kappa shape index (κ3) is 2.04. The number of Topliss-reactive ketones (excluding diaryl/α,β-unsaturated/α-hetero) is 1. The van der Waals surface area contributed by atoms with Crippen LogP contribution in [-0.2, 0) is 4.79 Å². The molecule has 1 heterocycles. The van der Waals surface area contributed by atoms with E-state index in [1.165, 1.54) is 0 Å². The smallest absolute Gasteiger partial charge is 0.172 e. The van der Waals surface area contributed by atoms with Gasteiger partial charge in [-0.15, -0.1) is 0 Å². The molecule has 0 aliphatic heterocycles. The number of fused-ring (bicyclic) bond motifs is 1. The Kier molecular flexibility index (Phi) is 3.30. The number of hydrogen-bond acceptors (Lipinski definition) is 2. The maximum absolute atomic E-state index is 12.6. The van der Waals surface area contributed by atoms with E-state index in [1.54, 1.807) is 6.08 Å². The molecule has 0 amide bonds. The number of allylic oxidation sites excluding steroid dienone is 4. The lowest BCUT2D eigenvalue weighted by Crippen LogP contribution is -2.11. The molecule has 1 aromatic heterocycles. The summed E-state index contributed by atoms with van der Waals surface area (Å²) in [4.78, 5) is 17.3. The molecule has 0 bridgehead atoms. The molecule has 21 heavy (non-hydrogen) atoms. The van der Waals surface area contributed by atoms with E-state index < -0.39 is 0 Å². The third-order valence-corrected chi connectivity index (χ3v) is 4.05. The Morgan fingerprint density at radius 2 is 2.00 bits per heavy atom. The number of ketones is 1. The van der Waals surface area contributed by atoms with Gasteiger partial charge in [-0.25, -0.2) is 0 Å². The molecule has 1 aliphatic carbocycles. The zero-order chi connectivity index (χ0) is 15.0. The van der Waals surface area contributed by atoms with Crippen LogP contribution in [0.15, 0.2) is 72.4 Å². The zero-order valence-corrected chi connectivity index (χ0v) is 12.1. The largest absolute Gasteiger partial charge is 0.293 e. The van der Waals surface area contributed by atoms with Gasteiger partial charge in [-0.3, -0.25) is 9.78 Å². The Morgan fingerprint density at radius 3 is 2.67 bits per heavy atom. The fourth-order valence-electron chi connectivity index (χ4n) is 2.99. The molecule has 1 atom stereocenters. The second-order valence-corrected chi connectivity index (χ2v) is 5.20. The predicted octanol–water partition coefficient (Wildman–Crippen LogP) is 4.35. The number of rotatable bonds is 3. The standard InChI is InChI=1S/C19H17NO/c1-4-14-12(3)18(19(21)15(14)5-2)17-11-10-13-8-6-7-9-16(13)20-17/h4,6-11,18H,1,3,5H2,2H3. The Morgan fingerprint density at radius 1 is 1.24 bits per heavy atom. The molecule has 2 nitrogen and oxygen atoms in total. The van der Waals surface area contributed by atoms with E-state index in [4.69, 9.17) is 0 Å². The van der Waals surface area contributed by atoms with E-state index in [0.29, 0.717) is 6.42 Å². The highest BCUT2D eigenvalue weighted by atomic mass is 16.1. The minimum atomic E-state index is -0.363. The van der Waals surface area contributed by atoms with Crippen molar-refractivity contribution in [3.8, 4) is 0 Å². The van der Waals surface area contributed by atoms with Gasteiger partial charge < -0.3 is 0 Å². The van der Waals surface area contributed by atoms with Crippen LogP contribution in [0.5, 0.6) is 0 Å². The normalized spacial score (nSPS) is 18.6. The molecular formula is C19H17NO. The fraction of sp³-hybridized carbons (Fsp3) is 0.158. The molecule has 3 rings (SSSR count). The van der Waals surface area contributed by atoms with E-state index in [-0.39, 0.29) is 11.7 Å². The van der Waals surface area contributed by atoms with Gasteiger partial charge in [-0.05, 0) is 29.7 Å². The average molecular weight is 275 g/mol. The summed E-state index contributed by atoms with van der Waals surface area (Å²) >= 11 is 0. The van der Waals surface area contributed by atoms with Crippen molar-refractivity contribution in [2.24, 2.45) is 0 Å². The van der Waals surface area contributed by atoms with Gasteiger partial charge in [0.05, 0.1) is 17.1 Å². The lowest BCUT2D eigenvalue weighted by Gasteiger charge is -2.11. The van der Waals surface area contributed by atoms with Gasteiger partial charge in [-0.1, -0.05) is 50.4 Å². The molecule has 0 saturated carbocycles. The van der Waals surface area contributed by atoms with Crippen LogP contribution in [0.25, 0.3) is 10.9 Å². The summed E-state index contributed by atoms with van der Waals surface area (Å²) in [5.41, 5.74) is 4.19. The van der Waals surface area contributed by atoms with Crippen LogP contribution >= 0.6 is 0 Å². The lowest BCUT2D eigenvalue weighted by atomic mass is 9.94. The van der Waals surface area contributed by atoms with Crippen LogP contribution in [-0.4, -0.2) is 10.8 Å². The number of carbonyl (C=O) groups excluding carboxylic acids is 1. The van der Waals surface area contributed by atoms with E-state index >= 15 is 0 Å². The first-order valence-electron chi connectivity index (χ1n) is 7.12. The Balaban J connectivity index is 2.10. The van der Waals surface area contributed by atoms with Crippen molar-refractivity contribution in [2.75, 3.05) is 0 Å². The minimum absolute atomic E-state index is 0.111. The van der Waals surface area contributed by atoms with Crippen molar-refractivity contribution < 1.29 is 4.79 Å². The highest BCUT2D eigenvalue weighted by molar-refractivity contribution is 6.08. The molecule has 2 heteroatoms. The summed E-state index contributed by atoms with van der Waals surface area (Å²) in [5.74, 6) is -0.252. The third-order valence-electron chi connectivity index (χ3n) is 4.05. The summed E-state index contributed by atoms with van der Waals surface area (Å²) in [6, 6.07) is 11.8. The van der Waals surface area contributed by atoms with Crippen LogP contribution < -0.4 is 0 Å². The van der Waals surface area contributed by atoms with Crippen molar-refractivity contribution in [3.63, 3.8) is 0 Å². The number of hydrogen-bond donors (Lipinski definition) is 0. The molecule has 1 aliphatic rings. The summed E-state index contributed by atoms with van der Waals surface area (Å²) in [5, 5.41) is 1.07. The van der Waals surface area contributed by atoms with E-state index in [1.807, 2.05) is 43.3 Å². The second kappa shape index (κ2) is 5.13. The Hall–Kier alpha value is -2.48. The molecule has 0 saturated heterocycles. The summed E-state index contributed by atoms with van der Waals surface area (Å²) in [7, 11) is 0. The summed E-state index contributed by atoms with van der Waals surface area (Å²) < 4.78 is 0. The van der Waals surface area contributed by atoms with Gasteiger partial charge in [0.25, 0.3) is 0 Å². The van der Waals surface area contributed by atoms with Gasteiger partial charge >= 0.3 is 0 Å². The average Bonchev–Trinajstić information content (AvgIpc) is 2.76. The van der Waals surface area contributed by atoms with Crippen molar-refractivity contribution in [1.82, 2.24) is 4.98 Å². The molecule has 104 valence electrons. The first kappa shape index (κ1) is 13.5. The van der Waals surface area contributed by atoms with Crippen LogP contribution in [0.3, 0.4) is 0 Å². The predicted molar refractivity (Wildman–Crippen MR) is 86.1 cm³/mol. The first-order chi connectivity index (χ1) is 10.2. The number of pyridine rings is 1. The molecule has 0 fully saturated rings. The number of nitrogens with zero attached hydrogens (tertiary/aromatic N) is 1. The Labute approximate surface area is 124 Å². The van der Waals surface area contributed by atoms with E-state index in [2.05, 4.69) is 18.1 Å². The summed E-state index contributed by atoms with van der Waals surface area (Å²) in [6.45, 7) is 9.90. The summed E-state index contributed by atoms with van der Waals surface area (Å²) in [6.07, 6.45) is 2.43. The highest BCUT2D eigenvalue weighted by Crippen LogP contribution is 2.40. The minimum Gasteiger partial charge on any atom is -0.293 e. The van der Waals surface area contributed by atoms with Gasteiger partial charge in [0.15, 0.2) is 5.78 Å².